The van der Waals surface area contributed by atoms with Crippen LogP contribution in [-0.4, -0.2) is 23.6 Å². The molecule has 3 nitrogen and oxygen atoms in total. The van der Waals surface area contributed by atoms with Gasteiger partial charge in [0, 0.05) is 11.9 Å². The second-order valence-electron chi connectivity index (χ2n) is 4.89. The summed E-state index contributed by atoms with van der Waals surface area (Å²) in [6.45, 7) is 4.66. The third-order valence-electron chi connectivity index (χ3n) is 3.08. The van der Waals surface area contributed by atoms with Gasteiger partial charge in [-0.3, -0.25) is 4.79 Å². The average Bonchev–Trinajstić information content (AvgIpc) is 2.90. The molecule has 0 aliphatic rings. The lowest BCUT2D eigenvalue weighted by molar-refractivity contribution is -0.127. The lowest BCUT2D eigenvalue weighted by atomic mass is 10.2. The summed E-state index contributed by atoms with van der Waals surface area (Å²) < 4.78 is 5.25. The maximum Gasteiger partial charge on any atom is 0.233 e. The Hall–Kier alpha value is -1.68. The largest absolute Gasteiger partial charge is 0.467 e. The monoisotopic (exact) mass is 289 g/mol. The Bertz CT molecular complexity index is 578. The lowest BCUT2D eigenvalue weighted by Crippen LogP contribution is -2.27. The number of benzene rings is 1. The first-order chi connectivity index (χ1) is 9.56. The van der Waals surface area contributed by atoms with Crippen LogP contribution in [-0.2, 0) is 11.3 Å². The van der Waals surface area contributed by atoms with Crippen molar-refractivity contribution in [2.75, 3.05) is 12.8 Å². The Balaban J connectivity index is 1.88. The van der Waals surface area contributed by atoms with Crippen LogP contribution < -0.4 is 0 Å². The highest BCUT2D eigenvalue weighted by Gasteiger charge is 2.11. The predicted octanol–water partition coefficient (Wildman–Crippen LogP) is 3.65. The highest BCUT2D eigenvalue weighted by atomic mass is 32.2. The van der Waals surface area contributed by atoms with E-state index in [0.717, 1.165) is 10.7 Å². The molecule has 2 rings (SSSR count). The summed E-state index contributed by atoms with van der Waals surface area (Å²) in [6, 6.07) is 10.00. The van der Waals surface area contributed by atoms with E-state index >= 15 is 0 Å². The summed E-state index contributed by atoms with van der Waals surface area (Å²) in [5, 5.41) is 0. The minimum atomic E-state index is 0.103. The summed E-state index contributed by atoms with van der Waals surface area (Å²) in [4.78, 5) is 14.9. The number of furan rings is 1. The van der Waals surface area contributed by atoms with Gasteiger partial charge in [-0.1, -0.05) is 17.7 Å². The van der Waals surface area contributed by atoms with Crippen molar-refractivity contribution in [2.45, 2.75) is 25.3 Å². The van der Waals surface area contributed by atoms with Gasteiger partial charge in [-0.05, 0) is 37.6 Å². The SMILES string of the molecule is Cc1ccc(SCC(=O)N(C)Cc2ccco2)c(C)c1. The molecule has 4 heteroatoms. The molecule has 106 valence electrons. The zero-order valence-corrected chi connectivity index (χ0v) is 12.9. The van der Waals surface area contributed by atoms with E-state index in [9.17, 15) is 4.79 Å². The standard InChI is InChI=1S/C16H19NO2S/c1-12-6-7-15(13(2)9-12)20-11-16(18)17(3)10-14-5-4-8-19-14/h4-9H,10-11H2,1-3H3. The summed E-state index contributed by atoms with van der Waals surface area (Å²) >= 11 is 1.58. The molecule has 2 aromatic rings. The van der Waals surface area contributed by atoms with E-state index in [1.165, 1.54) is 11.1 Å². The number of carbonyl (C=O) groups is 1. The number of nitrogens with zero attached hydrogens (tertiary/aromatic N) is 1. The molecule has 0 radical (unpaired) electrons. The molecule has 0 aliphatic heterocycles. The highest BCUT2D eigenvalue weighted by molar-refractivity contribution is 8.00. The van der Waals surface area contributed by atoms with E-state index in [1.807, 2.05) is 12.1 Å². The minimum absolute atomic E-state index is 0.103. The fraction of sp³-hybridized carbons (Fsp3) is 0.312. The summed E-state index contributed by atoms with van der Waals surface area (Å²) in [5.41, 5.74) is 2.46. The fourth-order valence-electron chi connectivity index (χ4n) is 1.94. The van der Waals surface area contributed by atoms with Gasteiger partial charge in [-0.15, -0.1) is 11.8 Å². The van der Waals surface area contributed by atoms with E-state index < -0.39 is 0 Å². The van der Waals surface area contributed by atoms with Crippen molar-refractivity contribution in [3.8, 4) is 0 Å². The highest BCUT2D eigenvalue weighted by Crippen LogP contribution is 2.23. The van der Waals surface area contributed by atoms with Crippen molar-refractivity contribution in [3.63, 3.8) is 0 Å². The molecule has 0 fully saturated rings. The number of carbonyl (C=O) groups excluding carboxylic acids is 1. The Labute approximate surface area is 124 Å². The summed E-state index contributed by atoms with van der Waals surface area (Å²) in [6.07, 6.45) is 1.62. The smallest absolute Gasteiger partial charge is 0.233 e. The number of hydrogen-bond donors (Lipinski definition) is 0. The molecule has 0 aliphatic carbocycles. The minimum Gasteiger partial charge on any atom is -0.467 e. The van der Waals surface area contributed by atoms with E-state index in [0.29, 0.717) is 12.3 Å². The zero-order valence-electron chi connectivity index (χ0n) is 12.1. The molecule has 1 amide bonds. The molecule has 1 heterocycles. The number of rotatable bonds is 5. The van der Waals surface area contributed by atoms with Crippen molar-refractivity contribution in [3.05, 3.63) is 53.5 Å². The average molecular weight is 289 g/mol. The van der Waals surface area contributed by atoms with Gasteiger partial charge in [0.2, 0.25) is 5.91 Å². The second-order valence-corrected chi connectivity index (χ2v) is 5.90. The van der Waals surface area contributed by atoms with Crippen LogP contribution in [0.5, 0.6) is 0 Å². The van der Waals surface area contributed by atoms with Gasteiger partial charge in [0.15, 0.2) is 0 Å². The van der Waals surface area contributed by atoms with Gasteiger partial charge in [0.25, 0.3) is 0 Å². The van der Waals surface area contributed by atoms with Crippen LogP contribution in [0.2, 0.25) is 0 Å². The quantitative estimate of drug-likeness (QED) is 0.788. The third-order valence-corrected chi connectivity index (χ3v) is 4.24. The van der Waals surface area contributed by atoms with Crippen molar-refractivity contribution >= 4 is 17.7 Å². The van der Waals surface area contributed by atoms with Gasteiger partial charge in [0.05, 0.1) is 18.6 Å². The van der Waals surface area contributed by atoms with Crippen LogP contribution in [0.4, 0.5) is 0 Å². The second kappa shape index (κ2) is 6.66. The van der Waals surface area contributed by atoms with Crippen LogP contribution in [0.1, 0.15) is 16.9 Å². The van der Waals surface area contributed by atoms with Crippen molar-refractivity contribution in [1.29, 1.82) is 0 Å². The normalized spacial score (nSPS) is 10.6. The van der Waals surface area contributed by atoms with Crippen LogP contribution >= 0.6 is 11.8 Å². The Morgan fingerprint density at radius 3 is 2.75 bits per heavy atom. The van der Waals surface area contributed by atoms with Crippen LogP contribution in [0.15, 0.2) is 45.9 Å². The number of amides is 1. The molecule has 0 N–H and O–H groups in total. The van der Waals surface area contributed by atoms with Crippen molar-refractivity contribution in [1.82, 2.24) is 4.90 Å². The number of thioether (sulfide) groups is 1. The van der Waals surface area contributed by atoms with Gasteiger partial charge in [0.1, 0.15) is 5.76 Å². The molecule has 20 heavy (non-hydrogen) atoms. The summed E-state index contributed by atoms with van der Waals surface area (Å²) in [7, 11) is 1.80. The van der Waals surface area contributed by atoms with E-state index in [4.69, 9.17) is 4.42 Å². The number of aryl methyl sites for hydroxylation is 2. The summed E-state index contributed by atoms with van der Waals surface area (Å²) in [5.74, 6) is 1.35. The predicted molar refractivity (Wildman–Crippen MR) is 81.8 cm³/mol. The van der Waals surface area contributed by atoms with Gasteiger partial charge in [-0.25, -0.2) is 0 Å². The zero-order chi connectivity index (χ0) is 14.5. The van der Waals surface area contributed by atoms with E-state index in [2.05, 4.69) is 32.0 Å². The van der Waals surface area contributed by atoms with Crippen molar-refractivity contribution < 1.29 is 9.21 Å². The molecule has 0 bridgehead atoms. The molecule has 1 aromatic heterocycles. The fourth-order valence-corrected chi connectivity index (χ4v) is 2.89. The maximum absolute atomic E-state index is 12.1. The molecule has 1 aromatic carbocycles. The first kappa shape index (κ1) is 14.7. The van der Waals surface area contributed by atoms with Crippen molar-refractivity contribution in [2.24, 2.45) is 0 Å². The van der Waals surface area contributed by atoms with Gasteiger partial charge < -0.3 is 9.32 Å². The van der Waals surface area contributed by atoms with Gasteiger partial charge in [-0.2, -0.15) is 0 Å². The van der Waals surface area contributed by atoms with E-state index in [1.54, 1.807) is 30.0 Å². The molecular weight excluding hydrogens is 270 g/mol. The topological polar surface area (TPSA) is 33.5 Å². The Kier molecular flexibility index (Phi) is 4.90. The number of hydrogen-bond acceptors (Lipinski definition) is 3. The molecule has 0 saturated carbocycles. The van der Waals surface area contributed by atoms with E-state index in [-0.39, 0.29) is 5.91 Å². The van der Waals surface area contributed by atoms with Crippen LogP contribution in [0, 0.1) is 13.8 Å². The molecule has 0 saturated heterocycles. The third kappa shape index (κ3) is 3.90. The molecule has 0 spiro atoms. The molecular formula is C16H19NO2S. The Morgan fingerprint density at radius 2 is 2.10 bits per heavy atom. The molecule has 0 unspecified atom stereocenters. The first-order valence-electron chi connectivity index (χ1n) is 6.52. The first-order valence-corrected chi connectivity index (χ1v) is 7.51. The van der Waals surface area contributed by atoms with Crippen LogP contribution in [0.25, 0.3) is 0 Å². The maximum atomic E-state index is 12.1. The molecule has 0 atom stereocenters. The van der Waals surface area contributed by atoms with Crippen LogP contribution in [0.3, 0.4) is 0 Å². The van der Waals surface area contributed by atoms with Gasteiger partial charge >= 0.3 is 0 Å². The lowest BCUT2D eigenvalue weighted by Gasteiger charge is -2.15. The Morgan fingerprint density at radius 1 is 1.30 bits per heavy atom.